The molecule has 5 heteroatoms. The lowest BCUT2D eigenvalue weighted by Crippen LogP contribution is -2.40. The van der Waals surface area contributed by atoms with Crippen molar-refractivity contribution in [2.45, 2.75) is 45.3 Å². The number of alkyl carbamates (subject to hydrolysis) is 1. The van der Waals surface area contributed by atoms with Crippen LogP contribution in [0.15, 0.2) is 30.3 Å². The maximum atomic E-state index is 12.2. The summed E-state index contributed by atoms with van der Waals surface area (Å²) < 4.78 is 5.47. The van der Waals surface area contributed by atoms with Crippen LogP contribution in [0.3, 0.4) is 0 Å². The standard InChI is InChI=1S/C18H24BrNO3/c1-13-7-9-15(10-8-13)17(16(21)11-19)23-18(22)20-12-14-5-3-2-4-6-14/h2-6,13,15,17H,7-12H2,1H3,(H,20,22). The maximum Gasteiger partial charge on any atom is 0.408 e. The van der Waals surface area contributed by atoms with Crippen LogP contribution in [0.1, 0.15) is 38.2 Å². The van der Waals surface area contributed by atoms with Crippen molar-refractivity contribution in [3.8, 4) is 0 Å². The van der Waals surface area contributed by atoms with E-state index in [2.05, 4.69) is 28.2 Å². The van der Waals surface area contributed by atoms with E-state index in [-0.39, 0.29) is 17.0 Å². The van der Waals surface area contributed by atoms with E-state index in [0.717, 1.165) is 31.2 Å². The lowest BCUT2D eigenvalue weighted by molar-refractivity contribution is -0.128. The van der Waals surface area contributed by atoms with Gasteiger partial charge in [0.2, 0.25) is 0 Å². The van der Waals surface area contributed by atoms with E-state index in [1.54, 1.807) is 0 Å². The molecule has 0 heterocycles. The summed E-state index contributed by atoms with van der Waals surface area (Å²) in [5, 5.41) is 2.95. The largest absolute Gasteiger partial charge is 0.438 e. The quantitative estimate of drug-likeness (QED) is 0.755. The highest BCUT2D eigenvalue weighted by Crippen LogP contribution is 2.32. The smallest absolute Gasteiger partial charge is 0.408 e. The summed E-state index contributed by atoms with van der Waals surface area (Å²) in [5.74, 6) is 0.774. The first-order valence-corrected chi connectivity index (χ1v) is 9.29. The molecule has 0 saturated heterocycles. The Bertz CT molecular complexity index is 512. The zero-order valence-corrected chi connectivity index (χ0v) is 15.1. The summed E-state index contributed by atoms with van der Waals surface area (Å²) in [5.41, 5.74) is 0.999. The van der Waals surface area contributed by atoms with Crippen molar-refractivity contribution in [1.29, 1.82) is 0 Å². The summed E-state index contributed by atoms with van der Waals surface area (Å²) in [7, 11) is 0. The van der Waals surface area contributed by atoms with E-state index in [1.165, 1.54) is 0 Å². The molecule has 1 fully saturated rings. The Morgan fingerprint density at radius 3 is 2.48 bits per heavy atom. The second-order valence-electron chi connectivity index (χ2n) is 6.28. The van der Waals surface area contributed by atoms with Crippen LogP contribution in [0.25, 0.3) is 0 Å². The first-order chi connectivity index (χ1) is 11.1. The van der Waals surface area contributed by atoms with Crippen LogP contribution < -0.4 is 5.32 Å². The van der Waals surface area contributed by atoms with Gasteiger partial charge in [0.05, 0.1) is 5.33 Å². The molecule has 1 saturated carbocycles. The highest BCUT2D eigenvalue weighted by atomic mass is 79.9. The van der Waals surface area contributed by atoms with E-state index >= 15 is 0 Å². The van der Waals surface area contributed by atoms with Gasteiger partial charge in [-0.25, -0.2) is 4.79 Å². The van der Waals surface area contributed by atoms with Crippen molar-refractivity contribution < 1.29 is 14.3 Å². The molecule has 23 heavy (non-hydrogen) atoms. The van der Waals surface area contributed by atoms with E-state index in [1.807, 2.05) is 30.3 Å². The third-order valence-corrected chi connectivity index (χ3v) is 5.00. The van der Waals surface area contributed by atoms with Gasteiger partial charge in [0.25, 0.3) is 0 Å². The van der Waals surface area contributed by atoms with Gasteiger partial charge in [-0.1, -0.05) is 66.0 Å². The minimum absolute atomic E-state index is 0.0561. The number of carbonyl (C=O) groups excluding carboxylic acids is 2. The van der Waals surface area contributed by atoms with Gasteiger partial charge < -0.3 is 10.1 Å². The fourth-order valence-electron chi connectivity index (χ4n) is 3.02. The molecule has 126 valence electrons. The third-order valence-electron chi connectivity index (χ3n) is 4.45. The first-order valence-electron chi connectivity index (χ1n) is 8.17. The minimum atomic E-state index is -0.641. The van der Waals surface area contributed by atoms with Crippen molar-refractivity contribution in [2.24, 2.45) is 11.8 Å². The van der Waals surface area contributed by atoms with Crippen LogP contribution in [-0.4, -0.2) is 23.3 Å². The molecule has 1 aromatic carbocycles. The van der Waals surface area contributed by atoms with Crippen molar-refractivity contribution in [3.05, 3.63) is 35.9 Å². The molecule has 2 rings (SSSR count). The predicted molar refractivity (Wildman–Crippen MR) is 93.5 cm³/mol. The molecule has 1 aromatic rings. The van der Waals surface area contributed by atoms with Crippen LogP contribution >= 0.6 is 15.9 Å². The van der Waals surface area contributed by atoms with Gasteiger partial charge in [-0.05, 0) is 24.3 Å². The van der Waals surface area contributed by atoms with E-state index in [0.29, 0.717) is 12.5 Å². The van der Waals surface area contributed by atoms with Gasteiger partial charge in [0, 0.05) is 12.5 Å². The van der Waals surface area contributed by atoms with Crippen molar-refractivity contribution in [3.63, 3.8) is 0 Å². The van der Waals surface area contributed by atoms with Gasteiger partial charge >= 0.3 is 6.09 Å². The number of Topliss-reactive ketones (excluding diaryl/α,β-unsaturated/α-hetero) is 1. The topological polar surface area (TPSA) is 55.4 Å². The molecule has 0 radical (unpaired) electrons. The zero-order chi connectivity index (χ0) is 16.7. The molecule has 1 aliphatic rings. The van der Waals surface area contributed by atoms with Crippen LogP contribution in [0.5, 0.6) is 0 Å². The molecule has 1 unspecified atom stereocenters. The SMILES string of the molecule is CC1CCC(C(OC(=O)NCc2ccccc2)C(=O)CBr)CC1. The lowest BCUT2D eigenvalue weighted by atomic mass is 9.79. The third kappa shape index (κ3) is 5.65. The molecular formula is C18H24BrNO3. The minimum Gasteiger partial charge on any atom is -0.438 e. The summed E-state index contributed by atoms with van der Waals surface area (Å²) >= 11 is 3.20. The lowest BCUT2D eigenvalue weighted by Gasteiger charge is -2.31. The molecule has 4 nitrogen and oxygen atoms in total. The average molecular weight is 382 g/mol. The Kier molecular flexibility index (Phi) is 7.09. The Morgan fingerprint density at radius 1 is 1.22 bits per heavy atom. The maximum absolute atomic E-state index is 12.2. The van der Waals surface area contributed by atoms with Crippen LogP contribution in [0, 0.1) is 11.8 Å². The fraction of sp³-hybridized carbons (Fsp3) is 0.556. The van der Waals surface area contributed by atoms with Crippen LogP contribution in [0.4, 0.5) is 4.79 Å². The van der Waals surface area contributed by atoms with Crippen molar-refractivity contribution >= 4 is 27.8 Å². The number of nitrogens with one attached hydrogen (secondary N) is 1. The molecule has 0 bridgehead atoms. The number of alkyl halides is 1. The second-order valence-corrected chi connectivity index (χ2v) is 6.85. The van der Waals surface area contributed by atoms with Gasteiger partial charge in [-0.15, -0.1) is 0 Å². The number of hydrogen-bond donors (Lipinski definition) is 1. The highest BCUT2D eigenvalue weighted by molar-refractivity contribution is 9.09. The normalized spacial score (nSPS) is 22.2. The van der Waals surface area contributed by atoms with Gasteiger partial charge in [-0.2, -0.15) is 0 Å². The Labute approximate surface area is 146 Å². The molecular weight excluding hydrogens is 358 g/mol. The molecule has 0 spiro atoms. The Hall–Kier alpha value is -1.36. The van der Waals surface area contributed by atoms with Gasteiger partial charge in [0.1, 0.15) is 0 Å². The van der Waals surface area contributed by atoms with Crippen molar-refractivity contribution in [2.75, 3.05) is 5.33 Å². The number of ether oxygens (including phenoxy) is 1. The highest BCUT2D eigenvalue weighted by Gasteiger charge is 2.33. The fourth-order valence-corrected chi connectivity index (χ4v) is 3.34. The molecule has 1 N–H and O–H groups in total. The zero-order valence-electron chi connectivity index (χ0n) is 13.5. The molecule has 0 aromatic heterocycles. The second kappa shape index (κ2) is 9.06. The number of ketones is 1. The first kappa shape index (κ1) is 18.0. The number of amides is 1. The molecule has 1 atom stereocenters. The van der Waals surface area contributed by atoms with Crippen LogP contribution in [0.2, 0.25) is 0 Å². The van der Waals surface area contributed by atoms with E-state index in [9.17, 15) is 9.59 Å². The summed E-state index contributed by atoms with van der Waals surface area (Å²) in [6, 6.07) is 9.63. The van der Waals surface area contributed by atoms with E-state index in [4.69, 9.17) is 4.74 Å². The van der Waals surface area contributed by atoms with Crippen molar-refractivity contribution in [1.82, 2.24) is 5.32 Å². The Morgan fingerprint density at radius 2 is 1.87 bits per heavy atom. The summed E-state index contributed by atoms with van der Waals surface area (Å²) in [6.07, 6.45) is 2.90. The van der Waals surface area contributed by atoms with Gasteiger partial charge in [0.15, 0.2) is 11.9 Å². The Balaban J connectivity index is 1.89. The predicted octanol–water partition coefficient (Wildman–Crippen LogP) is 4.07. The van der Waals surface area contributed by atoms with E-state index < -0.39 is 12.2 Å². The van der Waals surface area contributed by atoms with Crippen LogP contribution in [-0.2, 0) is 16.1 Å². The number of benzene rings is 1. The number of carbonyl (C=O) groups is 2. The molecule has 1 amide bonds. The summed E-state index contributed by atoms with van der Waals surface area (Å²) in [6.45, 7) is 2.63. The number of rotatable bonds is 6. The molecule has 0 aliphatic heterocycles. The number of halogens is 1. The van der Waals surface area contributed by atoms with Gasteiger partial charge in [-0.3, -0.25) is 4.79 Å². The number of hydrogen-bond acceptors (Lipinski definition) is 3. The summed E-state index contributed by atoms with van der Waals surface area (Å²) in [4.78, 5) is 24.2. The monoisotopic (exact) mass is 381 g/mol. The average Bonchev–Trinajstić information content (AvgIpc) is 2.59. The molecule has 1 aliphatic carbocycles.